The van der Waals surface area contributed by atoms with Gasteiger partial charge in [0.2, 0.25) is 0 Å². The maximum Gasteiger partial charge on any atom is 0.416 e. The number of halogens is 3. The van der Waals surface area contributed by atoms with E-state index in [-0.39, 0.29) is 24.2 Å². The van der Waals surface area contributed by atoms with Gasteiger partial charge in [-0.2, -0.15) is 13.2 Å². The predicted octanol–water partition coefficient (Wildman–Crippen LogP) is 3.24. The van der Waals surface area contributed by atoms with Crippen molar-refractivity contribution in [3.05, 3.63) is 35.4 Å². The van der Waals surface area contributed by atoms with E-state index in [0.29, 0.717) is 18.6 Å². The van der Waals surface area contributed by atoms with Crippen molar-refractivity contribution in [1.82, 2.24) is 0 Å². The largest absolute Gasteiger partial charge is 0.416 e. The highest BCUT2D eigenvalue weighted by atomic mass is 19.4. The molecule has 2 unspecified atom stereocenters. The molecule has 0 amide bonds. The Labute approximate surface area is 109 Å². The van der Waals surface area contributed by atoms with E-state index in [4.69, 9.17) is 4.74 Å². The molecule has 1 aliphatic heterocycles. The lowest BCUT2D eigenvalue weighted by molar-refractivity contribution is -0.137. The van der Waals surface area contributed by atoms with Crippen molar-refractivity contribution >= 4 is 5.78 Å². The molecule has 0 N–H and O–H groups in total. The van der Waals surface area contributed by atoms with Gasteiger partial charge in [-0.15, -0.1) is 0 Å². The van der Waals surface area contributed by atoms with Gasteiger partial charge < -0.3 is 4.74 Å². The number of carbonyl (C=O) groups excluding carboxylic acids is 1. The molecule has 0 aromatic heterocycles. The molecule has 2 nitrogen and oxygen atoms in total. The van der Waals surface area contributed by atoms with Crippen molar-refractivity contribution in [3.8, 4) is 0 Å². The van der Waals surface area contributed by atoms with E-state index in [1.165, 1.54) is 6.07 Å². The lowest BCUT2D eigenvalue weighted by atomic mass is 9.92. The molecular formula is C14H15F3O2. The van der Waals surface area contributed by atoms with Gasteiger partial charge in [0.1, 0.15) is 5.78 Å². The van der Waals surface area contributed by atoms with E-state index < -0.39 is 11.7 Å². The number of benzene rings is 1. The molecule has 1 aliphatic rings. The summed E-state index contributed by atoms with van der Waals surface area (Å²) in [6.07, 6.45) is -3.83. The molecule has 0 bridgehead atoms. The van der Waals surface area contributed by atoms with E-state index in [9.17, 15) is 18.0 Å². The Morgan fingerprint density at radius 1 is 1.42 bits per heavy atom. The summed E-state index contributed by atoms with van der Waals surface area (Å²) in [5, 5.41) is 0. The second-order valence-electron chi connectivity index (χ2n) is 4.81. The Kier molecular flexibility index (Phi) is 3.94. The molecule has 2 atom stereocenters. The molecule has 1 aromatic rings. The number of carbonyl (C=O) groups is 1. The van der Waals surface area contributed by atoms with Gasteiger partial charge in [-0.3, -0.25) is 4.79 Å². The summed E-state index contributed by atoms with van der Waals surface area (Å²) in [5.41, 5.74) is -0.313. The van der Waals surface area contributed by atoms with Crippen LogP contribution in [0.25, 0.3) is 0 Å². The first-order valence-electron chi connectivity index (χ1n) is 6.18. The first-order valence-corrected chi connectivity index (χ1v) is 6.18. The van der Waals surface area contributed by atoms with Gasteiger partial charge in [-0.1, -0.05) is 18.2 Å². The van der Waals surface area contributed by atoms with Crippen LogP contribution in [0.1, 0.15) is 24.5 Å². The third-order valence-electron chi connectivity index (χ3n) is 3.42. The monoisotopic (exact) mass is 272 g/mol. The highest BCUT2D eigenvalue weighted by Crippen LogP contribution is 2.30. The normalized spacial score (nSPS) is 23.6. The van der Waals surface area contributed by atoms with E-state index in [0.717, 1.165) is 12.1 Å². The second-order valence-corrected chi connectivity index (χ2v) is 4.81. The van der Waals surface area contributed by atoms with Gasteiger partial charge >= 0.3 is 6.18 Å². The van der Waals surface area contributed by atoms with Crippen molar-refractivity contribution < 1.29 is 22.7 Å². The van der Waals surface area contributed by atoms with E-state index in [2.05, 4.69) is 0 Å². The fourth-order valence-corrected chi connectivity index (χ4v) is 2.34. The smallest absolute Gasteiger partial charge is 0.378 e. The van der Waals surface area contributed by atoms with Gasteiger partial charge in [0.05, 0.1) is 11.7 Å². The Bertz CT molecular complexity index is 468. The summed E-state index contributed by atoms with van der Waals surface area (Å²) in [6, 6.07) is 4.93. The number of alkyl halides is 3. The zero-order chi connectivity index (χ0) is 14.0. The van der Waals surface area contributed by atoms with Crippen molar-refractivity contribution in [1.29, 1.82) is 0 Å². The molecule has 19 heavy (non-hydrogen) atoms. The molecule has 0 saturated carbocycles. The molecule has 0 aliphatic carbocycles. The Balaban J connectivity index is 2.09. The molecule has 1 saturated heterocycles. The molecular weight excluding hydrogens is 257 g/mol. The third-order valence-corrected chi connectivity index (χ3v) is 3.42. The molecule has 1 heterocycles. The molecule has 1 fully saturated rings. The summed E-state index contributed by atoms with van der Waals surface area (Å²) in [4.78, 5) is 12.0. The van der Waals surface area contributed by atoms with Gasteiger partial charge in [0, 0.05) is 18.9 Å². The number of ether oxygens (including phenoxy) is 1. The van der Waals surface area contributed by atoms with E-state index in [1.54, 1.807) is 6.07 Å². The Morgan fingerprint density at radius 3 is 2.74 bits per heavy atom. The minimum Gasteiger partial charge on any atom is -0.378 e. The van der Waals surface area contributed by atoms with Crippen LogP contribution in [0, 0.1) is 5.92 Å². The van der Waals surface area contributed by atoms with Crippen LogP contribution in [0.3, 0.4) is 0 Å². The van der Waals surface area contributed by atoms with Crippen LogP contribution in [0.15, 0.2) is 24.3 Å². The van der Waals surface area contributed by atoms with Gasteiger partial charge in [-0.05, 0) is 25.0 Å². The molecule has 2 rings (SSSR count). The maximum absolute atomic E-state index is 12.6. The topological polar surface area (TPSA) is 26.3 Å². The summed E-state index contributed by atoms with van der Waals surface area (Å²) in [6.45, 7) is 2.36. The number of hydrogen-bond acceptors (Lipinski definition) is 2. The highest BCUT2D eigenvalue weighted by Gasteiger charge is 2.32. The Hall–Kier alpha value is -1.36. The first kappa shape index (κ1) is 14.1. The molecule has 0 radical (unpaired) electrons. The quantitative estimate of drug-likeness (QED) is 0.844. The van der Waals surface area contributed by atoms with Crippen molar-refractivity contribution in [3.63, 3.8) is 0 Å². The number of rotatable bonds is 3. The zero-order valence-electron chi connectivity index (χ0n) is 10.5. The highest BCUT2D eigenvalue weighted by molar-refractivity contribution is 5.84. The van der Waals surface area contributed by atoms with Crippen LogP contribution in [-0.4, -0.2) is 18.5 Å². The van der Waals surface area contributed by atoms with Crippen LogP contribution in [0.2, 0.25) is 0 Å². The minimum absolute atomic E-state index is 0.0300. The molecule has 0 spiro atoms. The number of hydrogen-bond donors (Lipinski definition) is 0. The molecule has 5 heteroatoms. The zero-order valence-corrected chi connectivity index (χ0v) is 10.5. The van der Waals surface area contributed by atoms with Crippen molar-refractivity contribution in [2.45, 2.75) is 32.0 Å². The van der Waals surface area contributed by atoms with Gasteiger partial charge in [0.25, 0.3) is 0 Å². The van der Waals surface area contributed by atoms with Crippen LogP contribution in [0.4, 0.5) is 13.2 Å². The summed E-state index contributed by atoms with van der Waals surface area (Å²) in [5.74, 6) is -0.251. The SMILES string of the molecule is CC1OCCC1C(=O)Cc1cccc(C(F)(F)F)c1. The van der Waals surface area contributed by atoms with Crippen LogP contribution in [0.5, 0.6) is 0 Å². The lowest BCUT2D eigenvalue weighted by Crippen LogP contribution is -2.23. The third kappa shape index (κ3) is 3.35. The number of ketones is 1. The summed E-state index contributed by atoms with van der Waals surface area (Å²) >= 11 is 0. The maximum atomic E-state index is 12.6. The standard InChI is InChI=1S/C14H15F3O2/c1-9-12(5-6-19-9)13(18)8-10-3-2-4-11(7-10)14(15,16)17/h2-4,7,9,12H,5-6,8H2,1H3. The molecule has 1 aromatic carbocycles. The Morgan fingerprint density at radius 2 is 2.16 bits per heavy atom. The fraction of sp³-hybridized carbons (Fsp3) is 0.500. The van der Waals surface area contributed by atoms with Gasteiger partial charge in [-0.25, -0.2) is 0 Å². The van der Waals surface area contributed by atoms with Crippen LogP contribution < -0.4 is 0 Å². The summed E-state index contributed by atoms with van der Waals surface area (Å²) in [7, 11) is 0. The number of Topliss-reactive ketones (excluding diaryl/α,β-unsaturated/α-hetero) is 1. The average molecular weight is 272 g/mol. The van der Waals surface area contributed by atoms with Crippen LogP contribution >= 0.6 is 0 Å². The first-order chi connectivity index (χ1) is 8.88. The van der Waals surface area contributed by atoms with Crippen LogP contribution in [-0.2, 0) is 22.1 Å². The lowest BCUT2D eigenvalue weighted by Gasteiger charge is -2.13. The average Bonchev–Trinajstić information content (AvgIpc) is 2.75. The van der Waals surface area contributed by atoms with Gasteiger partial charge in [0.15, 0.2) is 0 Å². The van der Waals surface area contributed by atoms with E-state index in [1.807, 2.05) is 6.92 Å². The summed E-state index contributed by atoms with van der Waals surface area (Å²) < 4.78 is 43.0. The predicted molar refractivity (Wildman–Crippen MR) is 63.7 cm³/mol. The van der Waals surface area contributed by atoms with Crippen molar-refractivity contribution in [2.75, 3.05) is 6.61 Å². The minimum atomic E-state index is -4.37. The van der Waals surface area contributed by atoms with Crippen molar-refractivity contribution in [2.24, 2.45) is 5.92 Å². The second kappa shape index (κ2) is 5.33. The van der Waals surface area contributed by atoms with E-state index >= 15 is 0 Å². The molecule has 104 valence electrons. The fourth-order valence-electron chi connectivity index (χ4n) is 2.34.